The van der Waals surface area contributed by atoms with Crippen LogP contribution in [0.1, 0.15) is 64.0 Å². The molecule has 0 aliphatic carbocycles. The minimum absolute atomic E-state index is 0.477. The van der Waals surface area contributed by atoms with Crippen LogP contribution in [-0.4, -0.2) is 29.6 Å². The molecule has 0 saturated carbocycles. The van der Waals surface area contributed by atoms with E-state index in [-0.39, 0.29) is 0 Å². The largest absolute Gasteiger partial charge is 0.387 e. The molecule has 3 rings (SSSR count). The van der Waals surface area contributed by atoms with Gasteiger partial charge in [-0.3, -0.25) is 0 Å². The normalized spacial score (nSPS) is 12.9. The number of fused-ring (bicyclic) bond motifs is 3. The number of rotatable bonds is 11. The Kier molecular flexibility index (Phi) is 8.53. The van der Waals surface area contributed by atoms with Crippen molar-refractivity contribution < 1.29 is 5.11 Å². The summed E-state index contributed by atoms with van der Waals surface area (Å²) in [4.78, 5) is 2.46. The molecule has 0 heterocycles. The average Bonchev–Trinajstić information content (AvgIpc) is 2.74. The van der Waals surface area contributed by atoms with Crippen molar-refractivity contribution in [3.63, 3.8) is 0 Å². The van der Waals surface area contributed by atoms with E-state index in [0.717, 1.165) is 28.5 Å². The van der Waals surface area contributed by atoms with Gasteiger partial charge in [0.1, 0.15) is 0 Å². The van der Waals surface area contributed by atoms with Crippen LogP contribution < -0.4 is 0 Å². The lowest BCUT2D eigenvalue weighted by Gasteiger charge is -2.26. The SMILES string of the molecule is CCCCCN(CCCCC)CC(O)c1cccc2c1cc(Br)c1ccccc12. The summed E-state index contributed by atoms with van der Waals surface area (Å²) in [6.07, 6.45) is 6.92. The van der Waals surface area contributed by atoms with Crippen LogP contribution in [0, 0.1) is 0 Å². The second-order valence-electron chi connectivity index (χ2n) is 8.08. The molecule has 3 heteroatoms. The molecule has 1 N–H and O–H groups in total. The molecule has 29 heavy (non-hydrogen) atoms. The van der Waals surface area contributed by atoms with Crippen LogP contribution in [0.3, 0.4) is 0 Å². The monoisotopic (exact) mass is 455 g/mol. The Morgan fingerprint density at radius 3 is 2.03 bits per heavy atom. The standard InChI is InChI=1S/C26H34BrNO/c1-3-5-9-16-28(17-10-6-4-2)19-26(29)23-15-11-14-21-20-12-7-8-13-22(20)25(27)18-24(21)23/h7-8,11-15,18,26,29H,3-6,9-10,16-17,19H2,1-2H3. The lowest BCUT2D eigenvalue weighted by atomic mass is 9.95. The zero-order chi connectivity index (χ0) is 20.6. The maximum absolute atomic E-state index is 11.2. The van der Waals surface area contributed by atoms with Gasteiger partial charge in [0.25, 0.3) is 0 Å². The summed E-state index contributed by atoms with van der Waals surface area (Å²) in [5, 5.41) is 16.0. The molecule has 0 radical (unpaired) electrons. The molecule has 3 aromatic rings. The van der Waals surface area contributed by atoms with E-state index in [2.05, 4.69) is 83.2 Å². The molecule has 0 aromatic heterocycles. The summed E-state index contributed by atoms with van der Waals surface area (Å²) in [5.74, 6) is 0. The van der Waals surface area contributed by atoms with Crippen molar-refractivity contribution in [2.75, 3.05) is 19.6 Å². The molecule has 0 aliphatic heterocycles. The van der Waals surface area contributed by atoms with Crippen molar-refractivity contribution in [3.05, 3.63) is 58.6 Å². The maximum atomic E-state index is 11.2. The Hall–Kier alpha value is -1.42. The summed E-state index contributed by atoms with van der Waals surface area (Å²) in [5.41, 5.74) is 1.03. The molecule has 0 amide bonds. The van der Waals surface area contributed by atoms with Gasteiger partial charge < -0.3 is 10.0 Å². The van der Waals surface area contributed by atoms with E-state index in [1.54, 1.807) is 0 Å². The first-order chi connectivity index (χ1) is 14.2. The maximum Gasteiger partial charge on any atom is 0.0922 e. The number of halogens is 1. The molecule has 0 aliphatic rings. The number of nitrogens with zero attached hydrogens (tertiary/aromatic N) is 1. The third-order valence-corrected chi connectivity index (χ3v) is 6.49. The zero-order valence-electron chi connectivity index (χ0n) is 17.8. The molecule has 0 saturated heterocycles. The van der Waals surface area contributed by atoms with Crippen LogP contribution in [0.4, 0.5) is 0 Å². The smallest absolute Gasteiger partial charge is 0.0922 e. The van der Waals surface area contributed by atoms with Gasteiger partial charge in [0.05, 0.1) is 6.10 Å². The molecule has 2 nitrogen and oxygen atoms in total. The molecule has 1 unspecified atom stereocenters. The van der Waals surface area contributed by atoms with Gasteiger partial charge in [0.15, 0.2) is 0 Å². The predicted molar refractivity (Wildman–Crippen MR) is 130 cm³/mol. The number of unbranched alkanes of at least 4 members (excludes halogenated alkanes) is 4. The van der Waals surface area contributed by atoms with Crippen LogP contribution in [-0.2, 0) is 0 Å². The third kappa shape index (κ3) is 5.59. The van der Waals surface area contributed by atoms with E-state index in [1.165, 1.54) is 54.7 Å². The minimum atomic E-state index is -0.477. The summed E-state index contributed by atoms with van der Waals surface area (Å²) in [6, 6.07) is 17.0. The van der Waals surface area contributed by atoms with E-state index >= 15 is 0 Å². The minimum Gasteiger partial charge on any atom is -0.387 e. The van der Waals surface area contributed by atoms with Gasteiger partial charge >= 0.3 is 0 Å². The Morgan fingerprint density at radius 2 is 1.38 bits per heavy atom. The fourth-order valence-corrected chi connectivity index (χ4v) is 4.78. The van der Waals surface area contributed by atoms with Gasteiger partial charge in [-0.1, -0.05) is 97.9 Å². The van der Waals surface area contributed by atoms with Crippen molar-refractivity contribution in [1.82, 2.24) is 4.90 Å². The summed E-state index contributed by atoms with van der Waals surface area (Å²) < 4.78 is 1.09. The Labute approximate surface area is 184 Å². The summed E-state index contributed by atoms with van der Waals surface area (Å²) >= 11 is 3.74. The van der Waals surface area contributed by atoms with Gasteiger partial charge in [-0.05, 0) is 59.1 Å². The fourth-order valence-electron chi connectivity index (χ4n) is 4.21. The fraction of sp³-hybridized carbons (Fsp3) is 0.462. The van der Waals surface area contributed by atoms with Crippen LogP contribution >= 0.6 is 15.9 Å². The van der Waals surface area contributed by atoms with E-state index in [9.17, 15) is 5.11 Å². The quantitative estimate of drug-likeness (QED) is 0.239. The highest BCUT2D eigenvalue weighted by Gasteiger charge is 2.17. The van der Waals surface area contributed by atoms with Gasteiger partial charge in [-0.15, -0.1) is 0 Å². The molecule has 0 fully saturated rings. The lowest BCUT2D eigenvalue weighted by Crippen LogP contribution is -2.31. The Morgan fingerprint density at radius 1 is 0.793 bits per heavy atom. The zero-order valence-corrected chi connectivity index (χ0v) is 19.4. The van der Waals surface area contributed by atoms with Gasteiger partial charge in [0.2, 0.25) is 0 Å². The van der Waals surface area contributed by atoms with Gasteiger partial charge in [-0.25, -0.2) is 0 Å². The highest BCUT2D eigenvalue weighted by molar-refractivity contribution is 9.10. The number of hydrogen-bond donors (Lipinski definition) is 1. The van der Waals surface area contributed by atoms with E-state index in [4.69, 9.17) is 0 Å². The first-order valence-corrected chi connectivity index (χ1v) is 11.9. The van der Waals surface area contributed by atoms with Crippen molar-refractivity contribution in [3.8, 4) is 0 Å². The molecule has 3 aromatic carbocycles. The van der Waals surface area contributed by atoms with Gasteiger partial charge in [-0.2, -0.15) is 0 Å². The van der Waals surface area contributed by atoms with E-state index in [1.807, 2.05) is 0 Å². The van der Waals surface area contributed by atoms with Crippen molar-refractivity contribution >= 4 is 37.5 Å². The molecule has 0 bridgehead atoms. The topological polar surface area (TPSA) is 23.5 Å². The van der Waals surface area contributed by atoms with Crippen molar-refractivity contribution in [1.29, 1.82) is 0 Å². The van der Waals surface area contributed by atoms with Crippen LogP contribution in [0.25, 0.3) is 21.5 Å². The van der Waals surface area contributed by atoms with Gasteiger partial charge in [0, 0.05) is 11.0 Å². The highest BCUT2D eigenvalue weighted by Crippen LogP contribution is 2.35. The first-order valence-electron chi connectivity index (χ1n) is 11.2. The van der Waals surface area contributed by atoms with Crippen LogP contribution in [0.5, 0.6) is 0 Å². The average molecular weight is 456 g/mol. The first kappa shape index (κ1) is 22.3. The third-order valence-electron chi connectivity index (χ3n) is 5.83. The molecule has 1 atom stereocenters. The number of benzene rings is 3. The Balaban J connectivity index is 1.87. The predicted octanol–water partition coefficient (Wildman–Crippen LogP) is 7.47. The number of hydrogen-bond acceptors (Lipinski definition) is 2. The highest BCUT2D eigenvalue weighted by atomic mass is 79.9. The van der Waals surface area contributed by atoms with Crippen LogP contribution in [0.15, 0.2) is 53.0 Å². The lowest BCUT2D eigenvalue weighted by molar-refractivity contribution is 0.111. The molecule has 156 valence electrons. The van der Waals surface area contributed by atoms with Crippen LogP contribution in [0.2, 0.25) is 0 Å². The molecular formula is C26H34BrNO. The van der Waals surface area contributed by atoms with Crippen molar-refractivity contribution in [2.45, 2.75) is 58.5 Å². The van der Waals surface area contributed by atoms with E-state index in [0.29, 0.717) is 6.54 Å². The summed E-state index contributed by atoms with van der Waals surface area (Å²) in [6.45, 7) is 7.35. The van der Waals surface area contributed by atoms with E-state index < -0.39 is 6.10 Å². The number of aliphatic hydroxyl groups is 1. The summed E-state index contributed by atoms with van der Waals surface area (Å²) in [7, 11) is 0. The Bertz CT molecular complexity index is 913. The second-order valence-corrected chi connectivity index (χ2v) is 8.93. The molecule has 0 spiro atoms. The number of aliphatic hydroxyl groups excluding tert-OH is 1. The second kappa shape index (κ2) is 11.1. The van der Waals surface area contributed by atoms with Crippen molar-refractivity contribution in [2.24, 2.45) is 0 Å². The molecular weight excluding hydrogens is 422 g/mol.